The maximum absolute atomic E-state index is 15.0. The minimum Gasteiger partial charge on any atom is -0.429 e. The highest BCUT2D eigenvalue weighted by molar-refractivity contribution is 5.72. The Bertz CT molecular complexity index is 1060. The number of alkyl halides is 2. The predicted molar refractivity (Wildman–Crippen MR) is 102 cm³/mol. The molecule has 0 aromatic heterocycles. The highest BCUT2D eigenvalue weighted by Crippen LogP contribution is 2.36. The quantitative estimate of drug-likeness (QED) is 0.364. The van der Waals surface area contributed by atoms with Crippen LogP contribution in [0.4, 0.5) is 26.3 Å². The fraction of sp³-hybridized carbons (Fsp3) is 0.217. The largest absolute Gasteiger partial charge is 0.429 e. The average Bonchev–Trinajstić information content (AvgIpc) is 2.70. The molecule has 0 N–H and O–H groups in total. The van der Waals surface area contributed by atoms with Crippen molar-refractivity contribution in [2.24, 2.45) is 0 Å². The molecule has 163 valence electrons. The molecule has 0 amide bonds. The van der Waals surface area contributed by atoms with E-state index in [0.717, 1.165) is 24.1 Å². The van der Waals surface area contributed by atoms with Crippen LogP contribution in [0.3, 0.4) is 0 Å². The van der Waals surface area contributed by atoms with Gasteiger partial charge in [-0.2, -0.15) is 8.78 Å². The molecule has 31 heavy (non-hydrogen) atoms. The van der Waals surface area contributed by atoms with E-state index in [-0.39, 0.29) is 29.5 Å². The molecule has 8 heteroatoms. The summed E-state index contributed by atoms with van der Waals surface area (Å²) in [4.78, 5) is 0. The Hall–Kier alpha value is -3.16. The highest BCUT2D eigenvalue weighted by atomic mass is 19.3. The molecule has 2 nitrogen and oxygen atoms in total. The number of halogens is 6. The third kappa shape index (κ3) is 4.95. The smallest absolute Gasteiger partial charge is 0.387 e. The summed E-state index contributed by atoms with van der Waals surface area (Å²) in [5, 5.41) is 12.2. The first-order valence-electron chi connectivity index (χ1n) is 9.41. The van der Waals surface area contributed by atoms with Gasteiger partial charge in [-0.3, -0.25) is 5.11 Å². The van der Waals surface area contributed by atoms with Gasteiger partial charge in [-0.15, -0.1) is 0 Å². The van der Waals surface area contributed by atoms with Gasteiger partial charge in [-0.05, 0) is 48.1 Å². The number of aryl methyl sites for hydroxylation is 2. The summed E-state index contributed by atoms with van der Waals surface area (Å²) >= 11 is 0. The Morgan fingerprint density at radius 1 is 0.839 bits per heavy atom. The summed E-state index contributed by atoms with van der Waals surface area (Å²) in [7, 11) is 0. The van der Waals surface area contributed by atoms with E-state index in [1.54, 1.807) is 24.3 Å². The lowest BCUT2D eigenvalue weighted by Gasteiger charge is -2.12. The zero-order valence-corrected chi connectivity index (χ0v) is 16.3. The molecule has 3 rings (SSSR count). The molecule has 3 aromatic rings. The number of ether oxygens (including phenoxy) is 1. The molecule has 0 aliphatic carbocycles. The molecule has 0 bridgehead atoms. The van der Waals surface area contributed by atoms with Gasteiger partial charge in [0, 0.05) is 11.6 Å². The molecule has 0 fully saturated rings. The van der Waals surface area contributed by atoms with Crippen molar-refractivity contribution in [2.75, 3.05) is 0 Å². The Morgan fingerprint density at radius 2 is 1.45 bits per heavy atom. The van der Waals surface area contributed by atoms with E-state index in [9.17, 15) is 27.1 Å². The van der Waals surface area contributed by atoms with Crippen LogP contribution >= 0.6 is 0 Å². The zero-order valence-electron chi connectivity index (χ0n) is 16.3. The van der Waals surface area contributed by atoms with Crippen molar-refractivity contribution in [3.05, 3.63) is 82.4 Å². The molecular weight excluding hydrogens is 422 g/mol. The van der Waals surface area contributed by atoms with Gasteiger partial charge in [0.2, 0.25) is 0 Å². The first kappa shape index (κ1) is 22.5. The number of hydrogen-bond donors (Lipinski definition) is 0. The number of hydrogen-bond acceptors (Lipinski definition) is 1. The number of rotatable bonds is 7. The van der Waals surface area contributed by atoms with Gasteiger partial charge < -0.3 is 4.74 Å². The Balaban J connectivity index is 1.90. The lowest BCUT2D eigenvalue weighted by atomic mass is 9.96. The van der Waals surface area contributed by atoms with Crippen molar-refractivity contribution < 1.29 is 36.2 Å². The Kier molecular flexibility index (Phi) is 6.77. The van der Waals surface area contributed by atoms with E-state index in [4.69, 9.17) is 0 Å². The third-order valence-electron chi connectivity index (χ3n) is 4.86. The summed E-state index contributed by atoms with van der Waals surface area (Å²) in [6.07, 6.45) is 0.227. The zero-order chi connectivity index (χ0) is 22.7. The molecule has 1 radical (unpaired) electrons. The van der Waals surface area contributed by atoms with E-state index in [0.29, 0.717) is 6.07 Å². The van der Waals surface area contributed by atoms with Crippen LogP contribution in [0.5, 0.6) is 11.5 Å². The molecule has 0 saturated carbocycles. The minimum absolute atomic E-state index is 0.0181. The summed E-state index contributed by atoms with van der Waals surface area (Å²) in [5.74, 6) is -6.90. The van der Waals surface area contributed by atoms with Crippen molar-refractivity contribution in [1.82, 2.24) is 0 Å². The topological polar surface area (TPSA) is 29.1 Å². The van der Waals surface area contributed by atoms with Gasteiger partial charge >= 0.3 is 6.61 Å². The van der Waals surface area contributed by atoms with Crippen LogP contribution in [-0.2, 0) is 24.4 Å². The van der Waals surface area contributed by atoms with Crippen LogP contribution < -0.4 is 4.74 Å². The van der Waals surface area contributed by atoms with Gasteiger partial charge in [0.15, 0.2) is 23.1 Å². The van der Waals surface area contributed by atoms with Gasteiger partial charge in [0.1, 0.15) is 11.6 Å². The second-order valence-corrected chi connectivity index (χ2v) is 6.84. The minimum atomic E-state index is -3.41. The van der Waals surface area contributed by atoms with Crippen molar-refractivity contribution in [2.45, 2.75) is 32.8 Å². The van der Waals surface area contributed by atoms with Gasteiger partial charge in [-0.1, -0.05) is 31.2 Å². The summed E-state index contributed by atoms with van der Waals surface area (Å²) in [6.45, 7) is -1.48. The SMILES string of the molecule is CCc1ccc(-c2c([O])cc(F)c(CCc3cc(F)c(OC(F)F)c(F)c3)c2F)cc1. The molecule has 0 aliphatic rings. The Morgan fingerprint density at radius 3 is 2.00 bits per heavy atom. The van der Waals surface area contributed by atoms with Crippen LogP contribution in [0.15, 0.2) is 42.5 Å². The second kappa shape index (κ2) is 9.32. The summed E-state index contributed by atoms with van der Waals surface area (Å²) < 4.78 is 85.3. The molecule has 0 unspecified atom stereocenters. The standard InChI is InChI=1S/C23H17F6O2/c1-2-12-3-6-14(7-4-12)20-19(30)11-16(24)15(21(20)27)8-5-13-9-17(25)22(18(26)10-13)31-23(28)29/h3-4,6-7,9-11,23H,2,5,8H2,1H3. The molecule has 3 aromatic carbocycles. The molecule has 0 saturated heterocycles. The van der Waals surface area contributed by atoms with Crippen LogP contribution in [-0.4, -0.2) is 6.61 Å². The molecule has 0 aliphatic heterocycles. The van der Waals surface area contributed by atoms with Crippen LogP contribution in [0, 0.1) is 23.3 Å². The molecular formula is C23H17F6O2. The lowest BCUT2D eigenvalue weighted by Crippen LogP contribution is -2.07. The van der Waals surface area contributed by atoms with E-state index in [1.807, 2.05) is 6.92 Å². The van der Waals surface area contributed by atoms with Gasteiger partial charge in [0.25, 0.3) is 0 Å². The van der Waals surface area contributed by atoms with E-state index in [1.165, 1.54) is 0 Å². The van der Waals surface area contributed by atoms with Crippen molar-refractivity contribution in [1.29, 1.82) is 0 Å². The van der Waals surface area contributed by atoms with Gasteiger partial charge in [-0.25, -0.2) is 17.6 Å². The van der Waals surface area contributed by atoms with E-state index >= 15 is 4.39 Å². The van der Waals surface area contributed by atoms with Crippen molar-refractivity contribution >= 4 is 0 Å². The van der Waals surface area contributed by atoms with Crippen LogP contribution in [0.1, 0.15) is 23.6 Å². The predicted octanol–water partition coefficient (Wildman–Crippen LogP) is 7.00. The van der Waals surface area contributed by atoms with Crippen molar-refractivity contribution in [3.8, 4) is 22.6 Å². The maximum atomic E-state index is 15.0. The molecule has 0 spiro atoms. The molecule has 0 atom stereocenters. The van der Waals surface area contributed by atoms with Gasteiger partial charge in [0.05, 0.1) is 5.56 Å². The Labute approximate surface area is 174 Å². The van der Waals surface area contributed by atoms with Crippen molar-refractivity contribution in [3.63, 3.8) is 0 Å². The first-order valence-corrected chi connectivity index (χ1v) is 9.41. The fourth-order valence-electron chi connectivity index (χ4n) is 3.27. The average molecular weight is 439 g/mol. The first-order chi connectivity index (χ1) is 14.7. The van der Waals surface area contributed by atoms with E-state index in [2.05, 4.69) is 4.74 Å². The fourth-order valence-corrected chi connectivity index (χ4v) is 3.27. The van der Waals surface area contributed by atoms with E-state index < -0.39 is 46.9 Å². The van der Waals surface area contributed by atoms with Crippen LogP contribution in [0.25, 0.3) is 11.1 Å². The lowest BCUT2D eigenvalue weighted by molar-refractivity contribution is -0.0546. The van der Waals surface area contributed by atoms with Crippen LogP contribution in [0.2, 0.25) is 0 Å². The third-order valence-corrected chi connectivity index (χ3v) is 4.86. The molecule has 0 heterocycles. The summed E-state index contributed by atoms with van der Waals surface area (Å²) in [6, 6.07) is 8.76. The monoisotopic (exact) mass is 439 g/mol. The number of benzene rings is 3. The highest BCUT2D eigenvalue weighted by Gasteiger charge is 2.22. The normalized spacial score (nSPS) is 11.2. The second-order valence-electron chi connectivity index (χ2n) is 6.84. The maximum Gasteiger partial charge on any atom is 0.387 e. The summed E-state index contributed by atoms with van der Waals surface area (Å²) in [5.41, 5.74) is 0.532.